The first-order chi connectivity index (χ1) is 8.88. The predicted molar refractivity (Wildman–Crippen MR) is 69.6 cm³/mol. The van der Waals surface area contributed by atoms with Crippen molar-refractivity contribution in [2.45, 2.75) is 0 Å². The van der Waals surface area contributed by atoms with E-state index in [9.17, 15) is 0 Å². The van der Waals surface area contributed by atoms with Crippen molar-refractivity contribution >= 4 is 6.21 Å². The highest BCUT2D eigenvalue weighted by Gasteiger charge is 1.95. The summed E-state index contributed by atoms with van der Waals surface area (Å²) in [5, 5.41) is 9.97. The molecule has 0 aromatic heterocycles. The number of ether oxygens (including phenoxy) is 1. The van der Waals surface area contributed by atoms with Crippen LogP contribution in [0.4, 0.5) is 0 Å². The van der Waals surface area contributed by atoms with Gasteiger partial charge in [0.05, 0.1) is 6.21 Å². The Morgan fingerprint density at radius 1 is 0.889 bits per heavy atom. The van der Waals surface area contributed by atoms with Gasteiger partial charge in [0, 0.05) is 0 Å². The third-order valence-corrected chi connectivity index (χ3v) is 2.17. The quantitative estimate of drug-likeness (QED) is 0.386. The van der Waals surface area contributed by atoms with Crippen LogP contribution in [0.2, 0.25) is 0 Å². The normalized spacial score (nSPS) is 11.1. The Kier molecular flexibility index (Phi) is 4.02. The van der Waals surface area contributed by atoms with Crippen LogP contribution in [0.3, 0.4) is 0 Å². The van der Waals surface area contributed by atoms with Gasteiger partial charge >= 0.3 is 0 Å². The Hall–Kier alpha value is -2.69. The summed E-state index contributed by atoms with van der Waals surface area (Å²) in [6.45, 7) is 0. The molecule has 2 aromatic rings. The fourth-order valence-electron chi connectivity index (χ4n) is 1.37. The number of hydrogen-bond acceptors (Lipinski definition) is 3. The summed E-state index contributed by atoms with van der Waals surface area (Å²) in [6, 6.07) is 17.0. The molecule has 0 spiro atoms. The average Bonchev–Trinajstić information content (AvgIpc) is 2.42. The van der Waals surface area contributed by atoms with E-state index in [2.05, 4.69) is 15.5 Å². The number of rotatable bonds is 4. The molecule has 0 heterocycles. The summed E-state index contributed by atoms with van der Waals surface area (Å²) in [7, 11) is 0. The van der Waals surface area contributed by atoms with Gasteiger partial charge in [0.2, 0.25) is 0 Å². The van der Waals surface area contributed by atoms with Crippen LogP contribution >= 0.6 is 0 Å². The van der Waals surface area contributed by atoms with Crippen LogP contribution in [-0.2, 0) is 0 Å². The summed E-state index contributed by atoms with van der Waals surface area (Å²) >= 11 is 0. The molecule has 0 aliphatic carbocycles. The third kappa shape index (κ3) is 3.41. The Morgan fingerprint density at radius 3 is 2.22 bits per heavy atom. The molecule has 0 aliphatic heterocycles. The van der Waals surface area contributed by atoms with Crippen molar-refractivity contribution in [2.75, 3.05) is 0 Å². The average molecular weight is 240 g/mol. The van der Waals surface area contributed by atoms with Gasteiger partial charge in [-0.25, -0.2) is 0 Å². The summed E-state index contributed by atoms with van der Waals surface area (Å²) in [4.78, 5) is 0. The van der Waals surface area contributed by atoms with Gasteiger partial charge in [0.1, 0.15) is 11.5 Å². The highest BCUT2D eigenvalue weighted by Crippen LogP contribution is 2.20. The van der Waals surface area contributed by atoms with E-state index in [0.717, 1.165) is 17.1 Å². The third-order valence-electron chi connectivity index (χ3n) is 2.17. The Balaban J connectivity index is 2.04. The topological polar surface area (TPSA) is 72.3 Å². The lowest BCUT2D eigenvalue weighted by Gasteiger charge is -2.04. The van der Waals surface area contributed by atoms with E-state index in [1.165, 1.54) is 0 Å². The second kappa shape index (κ2) is 6.15. The predicted octanol–water partition coefficient (Wildman–Crippen LogP) is 3.14. The zero-order valence-corrected chi connectivity index (χ0v) is 9.60. The minimum absolute atomic E-state index is 0.763. The first kappa shape index (κ1) is 11.8. The molecule has 0 fully saturated rings. The molecule has 0 amide bonds. The van der Waals surface area contributed by atoms with Crippen LogP contribution in [0.15, 0.2) is 70.1 Å². The largest absolute Gasteiger partial charge is 0.457 e. The molecule has 0 atom stereocenters. The minimum atomic E-state index is 0.763. The second-order valence-electron chi connectivity index (χ2n) is 3.43. The van der Waals surface area contributed by atoms with Crippen molar-refractivity contribution in [3.8, 4) is 11.5 Å². The zero-order valence-electron chi connectivity index (χ0n) is 9.60. The molecular weight excluding hydrogens is 228 g/mol. The number of benzene rings is 2. The minimum Gasteiger partial charge on any atom is -0.457 e. The number of nitrogens with two attached hydrogens (primary N) is 1. The maximum Gasteiger partial charge on any atom is 0.127 e. The van der Waals surface area contributed by atoms with Gasteiger partial charge in [0.15, 0.2) is 0 Å². The molecule has 0 saturated carbocycles. The lowest BCUT2D eigenvalue weighted by atomic mass is 10.2. The van der Waals surface area contributed by atoms with Crippen molar-refractivity contribution in [3.05, 3.63) is 60.2 Å². The highest BCUT2D eigenvalue weighted by molar-refractivity contribution is 5.79. The number of para-hydroxylation sites is 1. The van der Waals surface area contributed by atoms with Crippen LogP contribution in [0.5, 0.6) is 11.5 Å². The molecule has 0 aliphatic rings. The van der Waals surface area contributed by atoms with Crippen molar-refractivity contribution in [3.63, 3.8) is 0 Å². The van der Waals surface area contributed by atoms with E-state index in [4.69, 9.17) is 10.6 Å². The van der Waals surface area contributed by atoms with E-state index in [0.29, 0.717) is 0 Å². The van der Waals surface area contributed by atoms with Crippen molar-refractivity contribution in [1.29, 1.82) is 0 Å². The summed E-state index contributed by atoms with van der Waals surface area (Å²) < 4.78 is 5.65. The molecule has 0 bridgehead atoms. The fraction of sp³-hybridized carbons (Fsp3) is 0. The van der Waals surface area contributed by atoms with E-state index >= 15 is 0 Å². The van der Waals surface area contributed by atoms with Crippen LogP contribution in [0.25, 0.3) is 0 Å². The van der Waals surface area contributed by atoms with Gasteiger partial charge in [-0.1, -0.05) is 23.4 Å². The number of hydrogen-bond donors (Lipinski definition) is 1. The SMILES string of the molecule is NN=NN=Cc1ccc(Oc2ccccc2)cc1. The van der Waals surface area contributed by atoms with Crippen LogP contribution in [0, 0.1) is 0 Å². The summed E-state index contributed by atoms with van der Waals surface area (Å²) in [6.07, 6.45) is 1.56. The Bertz CT molecular complexity index is 535. The molecule has 0 radical (unpaired) electrons. The van der Waals surface area contributed by atoms with Crippen molar-refractivity contribution in [2.24, 2.45) is 21.4 Å². The zero-order chi connectivity index (χ0) is 12.6. The van der Waals surface area contributed by atoms with E-state index < -0.39 is 0 Å². The number of nitrogens with zero attached hydrogens (tertiary/aromatic N) is 3. The molecule has 5 nitrogen and oxygen atoms in total. The maximum atomic E-state index is 5.65. The monoisotopic (exact) mass is 240 g/mol. The smallest absolute Gasteiger partial charge is 0.127 e. The molecule has 2 aromatic carbocycles. The fourth-order valence-corrected chi connectivity index (χ4v) is 1.37. The van der Waals surface area contributed by atoms with E-state index in [1.54, 1.807) is 6.21 Å². The van der Waals surface area contributed by atoms with Gasteiger partial charge in [-0.2, -0.15) is 0 Å². The molecule has 18 heavy (non-hydrogen) atoms. The van der Waals surface area contributed by atoms with Gasteiger partial charge in [-0.15, -0.1) is 5.10 Å². The van der Waals surface area contributed by atoms with Gasteiger partial charge in [-0.3, -0.25) is 0 Å². The van der Waals surface area contributed by atoms with Crippen LogP contribution < -0.4 is 10.6 Å². The molecule has 0 saturated heterocycles. The first-order valence-corrected chi connectivity index (χ1v) is 5.35. The van der Waals surface area contributed by atoms with Gasteiger partial charge in [-0.05, 0) is 47.2 Å². The van der Waals surface area contributed by atoms with E-state index in [1.807, 2.05) is 54.6 Å². The summed E-state index contributed by atoms with van der Waals surface area (Å²) in [5.74, 6) is 6.39. The lowest BCUT2D eigenvalue weighted by molar-refractivity contribution is 0.482. The van der Waals surface area contributed by atoms with Crippen LogP contribution in [0.1, 0.15) is 5.56 Å². The Morgan fingerprint density at radius 2 is 1.56 bits per heavy atom. The first-order valence-electron chi connectivity index (χ1n) is 5.35. The summed E-state index contributed by atoms with van der Waals surface area (Å²) in [5.41, 5.74) is 0.891. The second-order valence-corrected chi connectivity index (χ2v) is 3.43. The Labute approximate surface area is 105 Å². The lowest BCUT2D eigenvalue weighted by Crippen LogP contribution is -1.85. The maximum absolute atomic E-state index is 5.65. The molecule has 2 rings (SSSR count). The molecule has 0 unspecified atom stereocenters. The molecule has 2 N–H and O–H groups in total. The van der Waals surface area contributed by atoms with Crippen LogP contribution in [-0.4, -0.2) is 6.21 Å². The molecular formula is C13H12N4O. The van der Waals surface area contributed by atoms with Gasteiger partial charge in [0.25, 0.3) is 0 Å². The highest BCUT2D eigenvalue weighted by atomic mass is 16.5. The molecule has 90 valence electrons. The van der Waals surface area contributed by atoms with E-state index in [-0.39, 0.29) is 0 Å². The molecule has 5 heteroatoms. The van der Waals surface area contributed by atoms with Crippen molar-refractivity contribution < 1.29 is 4.74 Å². The standard InChI is InChI=1S/C13H12N4O/c14-16-17-15-10-11-6-8-13(9-7-11)18-12-4-2-1-3-5-12/h1-10H,(H2,14,17). The van der Waals surface area contributed by atoms with Gasteiger partial charge < -0.3 is 10.6 Å². The van der Waals surface area contributed by atoms with Crippen molar-refractivity contribution in [1.82, 2.24) is 0 Å².